The molecular formula is C9H12O3. The molecule has 0 unspecified atom stereocenters. The van der Waals surface area contributed by atoms with Crippen LogP contribution in [-0.4, -0.2) is 24.3 Å². The largest absolute Gasteiger partial charge is 0.481 e. The second-order valence-corrected chi connectivity index (χ2v) is 4.59. The first-order valence-corrected chi connectivity index (χ1v) is 4.52. The minimum Gasteiger partial charge on any atom is -0.481 e. The Bertz CT molecular complexity index is 230. The summed E-state index contributed by atoms with van der Waals surface area (Å²) in [7, 11) is 0. The Balaban J connectivity index is 1.69. The molecule has 66 valence electrons. The zero-order chi connectivity index (χ0) is 8.34. The molecule has 2 aliphatic carbocycles. The van der Waals surface area contributed by atoms with Crippen LogP contribution in [0.5, 0.6) is 0 Å². The Kier molecular flexibility index (Phi) is 1.06. The van der Waals surface area contributed by atoms with E-state index in [4.69, 9.17) is 9.84 Å². The molecule has 0 aromatic rings. The Labute approximate surface area is 70.7 Å². The van der Waals surface area contributed by atoms with Crippen LogP contribution in [0.3, 0.4) is 0 Å². The predicted octanol–water partition coefficient (Wildman–Crippen LogP) is 0.744. The fourth-order valence-corrected chi connectivity index (χ4v) is 3.08. The topological polar surface area (TPSA) is 46.5 Å². The van der Waals surface area contributed by atoms with Crippen LogP contribution in [0.4, 0.5) is 0 Å². The van der Waals surface area contributed by atoms with Crippen LogP contribution in [-0.2, 0) is 9.53 Å². The van der Waals surface area contributed by atoms with Gasteiger partial charge in [0.25, 0.3) is 0 Å². The van der Waals surface area contributed by atoms with E-state index in [0.29, 0.717) is 17.3 Å². The molecule has 3 heteroatoms. The van der Waals surface area contributed by atoms with Crippen molar-refractivity contribution in [2.24, 2.45) is 23.2 Å². The quantitative estimate of drug-likeness (QED) is 0.628. The van der Waals surface area contributed by atoms with Gasteiger partial charge in [-0.3, -0.25) is 4.79 Å². The second kappa shape index (κ2) is 1.84. The molecule has 1 aliphatic heterocycles. The molecule has 1 saturated heterocycles. The predicted molar refractivity (Wildman–Crippen MR) is 40.6 cm³/mol. The third kappa shape index (κ3) is 0.678. The summed E-state index contributed by atoms with van der Waals surface area (Å²) in [5.41, 5.74) is 0.418. The maximum Gasteiger partial charge on any atom is 0.307 e. The highest BCUT2D eigenvalue weighted by atomic mass is 16.5. The molecule has 1 N–H and O–H groups in total. The first-order valence-electron chi connectivity index (χ1n) is 4.52. The molecule has 0 radical (unpaired) electrons. The van der Waals surface area contributed by atoms with Crippen LogP contribution in [0.15, 0.2) is 0 Å². The van der Waals surface area contributed by atoms with Gasteiger partial charge < -0.3 is 9.84 Å². The van der Waals surface area contributed by atoms with Crippen molar-refractivity contribution >= 4 is 5.97 Å². The van der Waals surface area contributed by atoms with E-state index in [1.165, 1.54) is 0 Å². The van der Waals surface area contributed by atoms with Crippen LogP contribution in [0, 0.1) is 23.2 Å². The molecule has 12 heavy (non-hydrogen) atoms. The molecule has 3 rings (SSSR count). The number of aliphatic carboxylic acids is 1. The summed E-state index contributed by atoms with van der Waals surface area (Å²) in [5, 5.41) is 8.79. The molecule has 0 aromatic carbocycles. The van der Waals surface area contributed by atoms with Gasteiger partial charge in [0.1, 0.15) is 0 Å². The van der Waals surface area contributed by atoms with Crippen molar-refractivity contribution in [3.8, 4) is 0 Å². The number of rotatable bonds is 1. The highest BCUT2D eigenvalue weighted by Gasteiger charge is 2.66. The fourth-order valence-electron chi connectivity index (χ4n) is 3.08. The number of carboxylic acids is 1. The lowest BCUT2D eigenvalue weighted by atomic mass is 9.80. The number of hydrogen-bond acceptors (Lipinski definition) is 2. The summed E-state index contributed by atoms with van der Waals surface area (Å²) in [4.78, 5) is 10.7. The SMILES string of the molecule is O=C(O)C1[C@H]2CC3(COC3)C[C@H]12. The Morgan fingerprint density at radius 3 is 2.25 bits per heavy atom. The zero-order valence-electron chi connectivity index (χ0n) is 6.82. The highest BCUT2D eigenvalue weighted by Crippen LogP contribution is 2.65. The van der Waals surface area contributed by atoms with Crippen molar-refractivity contribution in [1.82, 2.24) is 0 Å². The number of ether oxygens (including phenoxy) is 1. The van der Waals surface area contributed by atoms with E-state index in [1.807, 2.05) is 0 Å². The average Bonchev–Trinajstić information content (AvgIpc) is 2.46. The summed E-state index contributed by atoms with van der Waals surface area (Å²) in [6.07, 6.45) is 2.21. The fraction of sp³-hybridized carbons (Fsp3) is 0.889. The van der Waals surface area contributed by atoms with E-state index in [-0.39, 0.29) is 5.92 Å². The van der Waals surface area contributed by atoms with Gasteiger partial charge in [0.2, 0.25) is 0 Å². The van der Waals surface area contributed by atoms with Gasteiger partial charge in [-0.25, -0.2) is 0 Å². The summed E-state index contributed by atoms with van der Waals surface area (Å²) >= 11 is 0. The molecule has 2 atom stereocenters. The normalized spacial score (nSPS) is 46.8. The van der Waals surface area contributed by atoms with E-state index in [0.717, 1.165) is 26.1 Å². The third-order valence-corrected chi connectivity index (χ3v) is 3.77. The van der Waals surface area contributed by atoms with Crippen LogP contribution in [0.2, 0.25) is 0 Å². The van der Waals surface area contributed by atoms with Gasteiger partial charge in [0.05, 0.1) is 19.1 Å². The van der Waals surface area contributed by atoms with E-state index in [9.17, 15) is 4.79 Å². The van der Waals surface area contributed by atoms with Crippen LogP contribution < -0.4 is 0 Å². The highest BCUT2D eigenvalue weighted by molar-refractivity contribution is 5.74. The summed E-state index contributed by atoms with van der Waals surface area (Å²) in [5.74, 6) is 0.397. The summed E-state index contributed by atoms with van der Waals surface area (Å²) in [6, 6.07) is 0. The van der Waals surface area contributed by atoms with Crippen molar-refractivity contribution in [2.45, 2.75) is 12.8 Å². The molecule has 3 nitrogen and oxygen atoms in total. The van der Waals surface area contributed by atoms with Gasteiger partial charge in [-0.2, -0.15) is 0 Å². The van der Waals surface area contributed by atoms with E-state index >= 15 is 0 Å². The van der Waals surface area contributed by atoms with Gasteiger partial charge in [-0.15, -0.1) is 0 Å². The second-order valence-electron chi connectivity index (χ2n) is 4.59. The van der Waals surface area contributed by atoms with Gasteiger partial charge >= 0.3 is 5.97 Å². The van der Waals surface area contributed by atoms with Gasteiger partial charge in [0, 0.05) is 5.41 Å². The average molecular weight is 168 g/mol. The van der Waals surface area contributed by atoms with E-state index < -0.39 is 5.97 Å². The number of fused-ring (bicyclic) bond motifs is 1. The minimum atomic E-state index is -0.583. The lowest BCUT2D eigenvalue weighted by molar-refractivity contribution is -0.143. The smallest absolute Gasteiger partial charge is 0.307 e. The summed E-state index contributed by atoms with van der Waals surface area (Å²) in [6.45, 7) is 1.76. The molecule has 1 heterocycles. The molecule has 0 aromatic heterocycles. The van der Waals surface area contributed by atoms with Gasteiger partial charge in [0.15, 0.2) is 0 Å². The van der Waals surface area contributed by atoms with E-state index in [2.05, 4.69) is 0 Å². The Morgan fingerprint density at radius 2 is 1.92 bits per heavy atom. The van der Waals surface area contributed by atoms with Crippen molar-refractivity contribution in [1.29, 1.82) is 0 Å². The van der Waals surface area contributed by atoms with Crippen molar-refractivity contribution in [3.63, 3.8) is 0 Å². The van der Waals surface area contributed by atoms with Crippen LogP contribution >= 0.6 is 0 Å². The Hall–Kier alpha value is -0.570. The van der Waals surface area contributed by atoms with Crippen molar-refractivity contribution < 1.29 is 14.6 Å². The minimum absolute atomic E-state index is 0.00350. The monoisotopic (exact) mass is 168 g/mol. The van der Waals surface area contributed by atoms with Crippen molar-refractivity contribution in [3.05, 3.63) is 0 Å². The third-order valence-electron chi connectivity index (χ3n) is 3.77. The van der Waals surface area contributed by atoms with Crippen LogP contribution in [0.1, 0.15) is 12.8 Å². The van der Waals surface area contributed by atoms with Crippen molar-refractivity contribution in [2.75, 3.05) is 13.2 Å². The molecule has 1 spiro atoms. The Morgan fingerprint density at radius 1 is 1.33 bits per heavy atom. The lowest BCUT2D eigenvalue weighted by Gasteiger charge is -2.39. The summed E-state index contributed by atoms with van der Waals surface area (Å²) < 4.78 is 5.18. The zero-order valence-corrected chi connectivity index (χ0v) is 6.82. The molecular weight excluding hydrogens is 156 g/mol. The number of carboxylic acid groups (broad SMARTS) is 1. The molecule has 0 bridgehead atoms. The van der Waals surface area contributed by atoms with E-state index in [1.54, 1.807) is 0 Å². The van der Waals surface area contributed by atoms with Gasteiger partial charge in [-0.1, -0.05) is 0 Å². The van der Waals surface area contributed by atoms with Crippen LogP contribution in [0.25, 0.3) is 0 Å². The number of hydrogen-bond donors (Lipinski definition) is 1. The lowest BCUT2D eigenvalue weighted by Crippen LogP contribution is -2.41. The first-order chi connectivity index (χ1) is 5.72. The maximum absolute atomic E-state index is 10.7. The standard InChI is InChI=1S/C9H12O3/c10-8(11)7-5-1-9(2-6(5)7)3-12-4-9/h5-7H,1-4H2,(H,10,11)/t5-,6-/m0/s1. The number of carbonyl (C=O) groups is 1. The van der Waals surface area contributed by atoms with Gasteiger partial charge in [-0.05, 0) is 24.7 Å². The molecule has 2 saturated carbocycles. The molecule has 3 fully saturated rings. The first kappa shape index (κ1) is 6.89. The maximum atomic E-state index is 10.7. The molecule has 3 aliphatic rings. The molecule has 0 amide bonds.